The second kappa shape index (κ2) is 5.92. The Bertz CT molecular complexity index is 502. The molecular weight excluding hydrogens is 262 g/mol. The highest BCUT2D eigenvalue weighted by atomic mass is 32.2. The van der Waals surface area contributed by atoms with E-state index in [1.165, 1.54) is 0 Å². The van der Waals surface area contributed by atoms with Crippen LogP contribution in [0.2, 0.25) is 0 Å². The smallest absolute Gasteiger partial charge is 0.243 e. The summed E-state index contributed by atoms with van der Waals surface area (Å²) in [6.07, 6.45) is 1.88. The van der Waals surface area contributed by atoms with Gasteiger partial charge in [0.25, 0.3) is 0 Å². The SMILES string of the molecule is CCOc1ccc(S(=O)(=O)N2CCC(C)CC2)cc1. The number of benzene rings is 1. The quantitative estimate of drug-likeness (QED) is 0.853. The molecule has 4 nitrogen and oxygen atoms in total. The van der Waals surface area contributed by atoms with Crippen molar-refractivity contribution in [2.45, 2.75) is 31.6 Å². The molecule has 0 saturated carbocycles. The van der Waals surface area contributed by atoms with Gasteiger partial charge < -0.3 is 4.74 Å². The van der Waals surface area contributed by atoms with Crippen molar-refractivity contribution in [1.29, 1.82) is 0 Å². The number of piperidine rings is 1. The first-order chi connectivity index (χ1) is 9.04. The molecule has 1 aliphatic heterocycles. The highest BCUT2D eigenvalue weighted by molar-refractivity contribution is 7.89. The molecule has 1 aromatic rings. The standard InChI is InChI=1S/C14H21NO3S/c1-3-18-13-4-6-14(7-5-13)19(16,17)15-10-8-12(2)9-11-15/h4-7,12H,3,8-11H2,1-2H3. The lowest BCUT2D eigenvalue weighted by atomic mass is 10.0. The summed E-state index contributed by atoms with van der Waals surface area (Å²) in [5.74, 6) is 1.32. The molecule has 0 unspecified atom stereocenters. The van der Waals surface area contributed by atoms with Crippen molar-refractivity contribution in [1.82, 2.24) is 4.31 Å². The van der Waals surface area contributed by atoms with E-state index in [-0.39, 0.29) is 0 Å². The molecule has 2 rings (SSSR count). The van der Waals surface area contributed by atoms with Gasteiger partial charge in [0.05, 0.1) is 11.5 Å². The van der Waals surface area contributed by atoms with E-state index < -0.39 is 10.0 Å². The molecule has 1 aliphatic rings. The van der Waals surface area contributed by atoms with Gasteiger partial charge in [-0.2, -0.15) is 4.31 Å². The van der Waals surface area contributed by atoms with E-state index in [2.05, 4.69) is 6.92 Å². The lowest BCUT2D eigenvalue weighted by molar-refractivity contribution is 0.288. The Labute approximate surface area is 115 Å². The molecule has 0 bridgehead atoms. The van der Waals surface area contributed by atoms with Crippen LogP contribution in [0.5, 0.6) is 5.75 Å². The fourth-order valence-corrected chi connectivity index (χ4v) is 3.72. The fourth-order valence-electron chi connectivity index (χ4n) is 2.25. The third kappa shape index (κ3) is 3.28. The van der Waals surface area contributed by atoms with Crippen LogP contribution in [-0.2, 0) is 10.0 Å². The molecule has 1 saturated heterocycles. The predicted molar refractivity (Wildman–Crippen MR) is 74.8 cm³/mol. The van der Waals surface area contributed by atoms with Gasteiger partial charge in [0.1, 0.15) is 5.75 Å². The van der Waals surface area contributed by atoms with Gasteiger partial charge in [-0.25, -0.2) is 8.42 Å². The lowest BCUT2D eigenvalue weighted by Gasteiger charge is -2.29. The van der Waals surface area contributed by atoms with Gasteiger partial charge in [-0.1, -0.05) is 6.92 Å². The molecule has 0 aliphatic carbocycles. The van der Waals surface area contributed by atoms with Gasteiger partial charge in [0.15, 0.2) is 0 Å². The zero-order chi connectivity index (χ0) is 13.9. The predicted octanol–water partition coefficient (Wildman–Crippen LogP) is 2.51. The van der Waals surface area contributed by atoms with E-state index in [1.807, 2.05) is 6.92 Å². The van der Waals surface area contributed by atoms with Gasteiger partial charge >= 0.3 is 0 Å². The van der Waals surface area contributed by atoms with Gasteiger partial charge in [-0.15, -0.1) is 0 Å². The van der Waals surface area contributed by atoms with Crippen LogP contribution in [0.4, 0.5) is 0 Å². The molecule has 0 N–H and O–H groups in total. The summed E-state index contributed by atoms with van der Waals surface area (Å²) in [6.45, 7) is 5.89. The van der Waals surface area contributed by atoms with Gasteiger partial charge in [0, 0.05) is 13.1 Å². The molecule has 0 amide bonds. The summed E-state index contributed by atoms with van der Waals surface area (Å²) in [4.78, 5) is 0.352. The van der Waals surface area contributed by atoms with Crippen molar-refractivity contribution >= 4 is 10.0 Å². The van der Waals surface area contributed by atoms with E-state index in [1.54, 1.807) is 28.6 Å². The summed E-state index contributed by atoms with van der Waals surface area (Å²) >= 11 is 0. The van der Waals surface area contributed by atoms with E-state index in [0.717, 1.165) is 12.8 Å². The maximum Gasteiger partial charge on any atom is 0.243 e. The summed E-state index contributed by atoms with van der Waals surface area (Å²) < 4.78 is 31.8. The molecule has 0 radical (unpaired) electrons. The molecule has 1 heterocycles. The van der Waals surface area contributed by atoms with Crippen LogP contribution in [0.15, 0.2) is 29.2 Å². The summed E-state index contributed by atoms with van der Waals surface area (Å²) in [7, 11) is -3.34. The number of nitrogens with zero attached hydrogens (tertiary/aromatic N) is 1. The van der Waals surface area contributed by atoms with Crippen LogP contribution in [-0.4, -0.2) is 32.4 Å². The summed E-state index contributed by atoms with van der Waals surface area (Å²) in [5.41, 5.74) is 0. The van der Waals surface area contributed by atoms with Crippen LogP contribution in [0.3, 0.4) is 0 Å². The molecule has 1 aromatic carbocycles. The zero-order valence-electron chi connectivity index (χ0n) is 11.5. The second-order valence-electron chi connectivity index (χ2n) is 4.99. The van der Waals surface area contributed by atoms with Crippen molar-refractivity contribution in [3.63, 3.8) is 0 Å². The highest BCUT2D eigenvalue weighted by Gasteiger charge is 2.27. The Balaban J connectivity index is 2.15. The van der Waals surface area contributed by atoms with Crippen molar-refractivity contribution in [2.75, 3.05) is 19.7 Å². The average molecular weight is 283 g/mol. The topological polar surface area (TPSA) is 46.6 Å². The monoisotopic (exact) mass is 283 g/mol. The number of hydrogen-bond acceptors (Lipinski definition) is 3. The third-order valence-corrected chi connectivity index (χ3v) is 5.43. The number of ether oxygens (including phenoxy) is 1. The van der Waals surface area contributed by atoms with Crippen molar-refractivity contribution in [3.8, 4) is 5.75 Å². The van der Waals surface area contributed by atoms with E-state index in [0.29, 0.717) is 36.3 Å². The van der Waals surface area contributed by atoms with Crippen LogP contribution < -0.4 is 4.74 Å². The first-order valence-corrected chi connectivity index (χ1v) is 8.21. The Morgan fingerprint density at radius 2 is 1.79 bits per heavy atom. The molecule has 0 atom stereocenters. The van der Waals surface area contributed by atoms with Crippen molar-refractivity contribution in [2.24, 2.45) is 5.92 Å². The van der Waals surface area contributed by atoms with Crippen LogP contribution >= 0.6 is 0 Å². The Morgan fingerprint density at radius 1 is 1.21 bits per heavy atom. The Kier molecular flexibility index (Phi) is 4.47. The fraction of sp³-hybridized carbons (Fsp3) is 0.571. The minimum Gasteiger partial charge on any atom is -0.494 e. The second-order valence-corrected chi connectivity index (χ2v) is 6.93. The zero-order valence-corrected chi connectivity index (χ0v) is 12.3. The minimum atomic E-state index is -3.34. The lowest BCUT2D eigenvalue weighted by Crippen LogP contribution is -2.37. The number of hydrogen-bond donors (Lipinski definition) is 0. The Hall–Kier alpha value is -1.07. The summed E-state index contributed by atoms with van der Waals surface area (Å²) in [5, 5.41) is 0. The molecular formula is C14H21NO3S. The van der Waals surface area contributed by atoms with Crippen LogP contribution in [0, 0.1) is 5.92 Å². The highest BCUT2D eigenvalue weighted by Crippen LogP contribution is 2.24. The van der Waals surface area contributed by atoms with Crippen LogP contribution in [0.1, 0.15) is 26.7 Å². The van der Waals surface area contributed by atoms with E-state index in [4.69, 9.17) is 4.74 Å². The van der Waals surface area contributed by atoms with Crippen LogP contribution in [0.25, 0.3) is 0 Å². The maximum absolute atomic E-state index is 12.4. The Morgan fingerprint density at radius 3 is 2.32 bits per heavy atom. The number of rotatable bonds is 4. The molecule has 1 fully saturated rings. The first kappa shape index (κ1) is 14.3. The minimum absolute atomic E-state index is 0.352. The van der Waals surface area contributed by atoms with Crippen molar-refractivity contribution in [3.05, 3.63) is 24.3 Å². The maximum atomic E-state index is 12.4. The largest absolute Gasteiger partial charge is 0.494 e. The van der Waals surface area contributed by atoms with E-state index in [9.17, 15) is 8.42 Å². The molecule has 0 spiro atoms. The van der Waals surface area contributed by atoms with Gasteiger partial charge in [-0.05, 0) is 49.9 Å². The number of sulfonamides is 1. The molecule has 0 aromatic heterocycles. The average Bonchev–Trinajstić information content (AvgIpc) is 2.40. The van der Waals surface area contributed by atoms with E-state index >= 15 is 0 Å². The molecule has 19 heavy (non-hydrogen) atoms. The first-order valence-electron chi connectivity index (χ1n) is 6.77. The normalized spacial score (nSPS) is 18.4. The third-order valence-electron chi connectivity index (χ3n) is 3.52. The van der Waals surface area contributed by atoms with Crippen molar-refractivity contribution < 1.29 is 13.2 Å². The summed E-state index contributed by atoms with van der Waals surface area (Å²) in [6, 6.07) is 6.67. The molecule has 106 valence electrons. The molecule has 5 heteroatoms. The van der Waals surface area contributed by atoms with Gasteiger partial charge in [0.2, 0.25) is 10.0 Å². The van der Waals surface area contributed by atoms with Gasteiger partial charge in [-0.3, -0.25) is 0 Å².